The van der Waals surface area contributed by atoms with Gasteiger partial charge in [-0.15, -0.1) is 0 Å². The van der Waals surface area contributed by atoms with E-state index in [0.717, 1.165) is 51.5 Å². The van der Waals surface area contributed by atoms with Gasteiger partial charge in [-0.2, -0.15) is 0 Å². The molecule has 0 aromatic carbocycles. The first-order chi connectivity index (χ1) is 9.29. The summed E-state index contributed by atoms with van der Waals surface area (Å²) in [6, 6.07) is 4.14. The van der Waals surface area contributed by atoms with Crippen LogP contribution in [0.3, 0.4) is 0 Å². The second-order valence-corrected chi connectivity index (χ2v) is 5.38. The van der Waals surface area contributed by atoms with E-state index in [-0.39, 0.29) is 0 Å². The van der Waals surface area contributed by atoms with Gasteiger partial charge in [0.05, 0.1) is 0 Å². The van der Waals surface area contributed by atoms with Crippen molar-refractivity contribution in [2.45, 2.75) is 39.5 Å². The molecule has 0 fully saturated rings. The Morgan fingerprint density at radius 2 is 1.84 bits per heavy atom. The van der Waals surface area contributed by atoms with Crippen LogP contribution in [0.4, 0.5) is 0 Å². The molecule has 1 aromatic rings. The zero-order chi connectivity index (χ0) is 13.8. The SMILES string of the molecule is CC(C)CNCCCCOCCCc1ccncc1. The van der Waals surface area contributed by atoms with Gasteiger partial charge in [-0.3, -0.25) is 4.98 Å². The first-order valence-electron chi connectivity index (χ1n) is 7.46. The summed E-state index contributed by atoms with van der Waals surface area (Å²) in [6.07, 6.45) is 8.23. The highest BCUT2D eigenvalue weighted by Gasteiger charge is 1.95. The molecule has 0 aliphatic carbocycles. The van der Waals surface area contributed by atoms with Gasteiger partial charge in [0.1, 0.15) is 0 Å². The number of unbranched alkanes of at least 4 members (excludes halogenated alkanes) is 1. The van der Waals surface area contributed by atoms with Gasteiger partial charge in [0.25, 0.3) is 0 Å². The highest BCUT2D eigenvalue weighted by Crippen LogP contribution is 2.01. The third kappa shape index (κ3) is 9.62. The van der Waals surface area contributed by atoms with Crippen molar-refractivity contribution in [2.75, 3.05) is 26.3 Å². The average molecular weight is 264 g/mol. The number of pyridine rings is 1. The van der Waals surface area contributed by atoms with E-state index in [1.54, 1.807) is 0 Å². The minimum Gasteiger partial charge on any atom is -0.381 e. The van der Waals surface area contributed by atoms with E-state index in [0.29, 0.717) is 0 Å². The summed E-state index contributed by atoms with van der Waals surface area (Å²) in [6.45, 7) is 8.45. The van der Waals surface area contributed by atoms with Crippen LogP contribution in [-0.2, 0) is 11.2 Å². The summed E-state index contributed by atoms with van der Waals surface area (Å²) >= 11 is 0. The molecule has 0 atom stereocenters. The van der Waals surface area contributed by atoms with E-state index >= 15 is 0 Å². The third-order valence-corrected chi connectivity index (χ3v) is 2.95. The van der Waals surface area contributed by atoms with E-state index in [2.05, 4.69) is 36.3 Å². The number of hydrogen-bond donors (Lipinski definition) is 1. The van der Waals surface area contributed by atoms with E-state index in [1.165, 1.54) is 12.0 Å². The molecular weight excluding hydrogens is 236 g/mol. The van der Waals surface area contributed by atoms with E-state index in [1.807, 2.05) is 12.4 Å². The first-order valence-corrected chi connectivity index (χ1v) is 7.46. The van der Waals surface area contributed by atoms with Crippen molar-refractivity contribution >= 4 is 0 Å². The Morgan fingerprint density at radius 1 is 1.11 bits per heavy atom. The number of rotatable bonds is 11. The monoisotopic (exact) mass is 264 g/mol. The Bertz CT molecular complexity index is 301. The second-order valence-electron chi connectivity index (χ2n) is 5.38. The van der Waals surface area contributed by atoms with Crippen LogP contribution in [0.25, 0.3) is 0 Å². The zero-order valence-corrected chi connectivity index (χ0v) is 12.4. The number of ether oxygens (including phenoxy) is 1. The summed E-state index contributed by atoms with van der Waals surface area (Å²) in [7, 11) is 0. The summed E-state index contributed by atoms with van der Waals surface area (Å²) in [5, 5.41) is 3.45. The lowest BCUT2D eigenvalue weighted by Crippen LogP contribution is -2.20. The molecule has 0 spiro atoms. The normalized spacial score (nSPS) is 11.1. The van der Waals surface area contributed by atoms with Crippen molar-refractivity contribution < 1.29 is 4.74 Å². The molecule has 3 nitrogen and oxygen atoms in total. The van der Waals surface area contributed by atoms with Crippen molar-refractivity contribution in [3.63, 3.8) is 0 Å². The third-order valence-electron chi connectivity index (χ3n) is 2.95. The molecule has 0 saturated carbocycles. The van der Waals surface area contributed by atoms with Crippen LogP contribution in [0.2, 0.25) is 0 Å². The molecule has 1 heterocycles. The Balaban J connectivity index is 1.81. The number of hydrogen-bond acceptors (Lipinski definition) is 3. The predicted molar refractivity (Wildman–Crippen MR) is 80.3 cm³/mol. The van der Waals surface area contributed by atoms with Crippen molar-refractivity contribution in [1.82, 2.24) is 10.3 Å². The average Bonchev–Trinajstić information content (AvgIpc) is 2.42. The Labute approximate surface area is 117 Å². The van der Waals surface area contributed by atoms with Crippen LogP contribution in [-0.4, -0.2) is 31.3 Å². The summed E-state index contributed by atoms with van der Waals surface area (Å²) in [5.74, 6) is 0.740. The zero-order valence-electron chi connectivity index (χ0n) is 12.4. The lowest BCUT2D eigenvalue weighted by Gasteiger charge is -2.07. The molecule has 1 N–H and O–H groups in total. The van der Waals surface area contributed by atoms with Crippen LogP contribution >= 0.6 is 0 Å². The van der Waals surface area contributed by atoms with Crippen LogP contribution in [0.15, 0.2) is 24.5 Å². The van der Waals surface area contributed by atoms with Gasteiger partial charge in [0.2, 0.25) is 0 Å². The molecule has 1 aromatic heterocycles. The molecule has 0 unspecified atom stereocenters. The van der Waals surface area contributed by atoms with Gasteiger partial charge in [0, 0.05) is 25.6 Å². The maximum absolute atomic E-state index is 5.64. The quantitative estimate of drug-likeness (QED) is 0.624. The van der Waals surface area contributed by atoms with Gasteiger partial charge in [0.15, 0.2) is 0 Å². The molecule has 0 saturated heterocycles. The van der Waals surface area contributed by atoms with Crippen LogP contribution < -0.4 is 5.32 Å². The van der Waals surface area contributed by atoms with Gasteiger partial charge in [-0.25, -0.2) is 0 Å². The van der Waals surface area contributed by atoms with E-state index in [9.17, 15) is 0 Å². The fourth-order valence-electron chi connectivity index (χ4n) is 1.87. The Hall–Kier alpha value is -0.930. The van der Waals surface area contributed by atoms with E-state index in [4.69, 9.17) is 4.74 Å². The summed E-state index contributed by atoms with van der Waals surface area (Å²) < 4.78 is 5.64. The molecule has 0 aliphatic rings. The Morgan fingerprint density at radius 3 is 2.58 bits per heavy atom. The number of nitrogens with one attached hydrogen (secondary N) is 1. The number of aromatic nitrogens is 1. The molecule has 0 bridgehead atoms. The van der Waals surface area contributed by atoms with Crippen molar-refractivity contribution in [3.05, 3.63) is 30.1 Å². The maximum Gasteiger partial charge on any atom is 0.0469 e. The van der Waals surface area contributed by atoms with Gasteiger partial charge >= 0.3 is 0 Å². The highest BCUT2D eigenvalue weighted by molar-refractivity contribution is 5.09. The summed E-state index contributed by atoms with van der Waals surface area (Å²) in [4.78, 5) is 4.01. The molecule has 0 radical (unpaired) electrons. The molecular formula is C16H28N2O. The van der Waals surface area contributed by atoms with Crippen LogP contribution in [0.1, 0.15) is 38.7 Å². The van der Waals surface area contributed by atoms with Crippen molar-refractivity contribution in [1.29, 1.82) is 0 Å². The number of nitrogens with zero attached hydrogens (tertiary/aromatic N) is 1. The Kier molecular flexibility index (Phi) is 9.29. The molecule has 1 rings (SSSR count). The largest absolute Gasteiger partial charge is 0.381 e. The smallest absolute Gasteiger partial charge is 0.0469 e. The fraction of sp³-hybridized carbons (Fsp3) is 0.688. The number of aryl methyl sites for hydroxylation is 1. The maximum atomic E-state index is 5.64. The lowest BCUT2D eigenvalue weighted by molar-refractivity contribution is 0.128. The molecule has 0 aliphatic heterocycles. The van der Waals surface area contributed by atoms with Crippen LogP contribution in [0.5, 0.6) is 0 Å². The first kappa shape index (κ1) is 16.1. The topological polar surface area (TPSA) is 34.1 Å². The molecule has 3 heteroatoms. The second kappa shape index (κ2) is 10.9. The lowest BCUT2D eigenvalue weighted by atomic mass is 10.1. The van der Waals surface area contributed by atoms with Gasteiger partial charge in [-0.1, -0.05) is 13.8 Å². The van der Waals surface area contributed by atoms with Crippen molar-refractivity contribution in [3.8, 4) is 0 Å². The predicted octanol–water partition coefficient (Wildman–Crippen LogP) is 3.06. The van der Waals surface area contributed by atoms with Crippen molar-refractivity contribution in [2.24, 2.45) is 5.92 Å². The minimum absolute atomic E-state index is 0.740. The van der Waals surface area contributed by atoms with Gasteiger partial charge in [-0.05, 0) is 62.4 Å². The van der Waals surface area contributed by atoms with Gasteiger partial charge < -0.3 is 10.1 Å². The highest BCUT2D eigenvalue weighted by atomic mass is 16.5. The molecule has 108 valence electrons. The minimum atomic E-state index is 0.740. The van der Waals surface area contributed by atoms with E-state index < -0.39 is 0 Å². The standard InChI is InChI=1S/C16H28N2O/c1-15(2)14-18-9-3-4-12-19-13-5-6-16-7-10-17-11-8-16/h7-8,10-11,15,18H,3-6,9,12-14H2,1-2H3. The summed E-state index contributed by atoms with van der Waals surface area (Å²) in [5.41, 5.74) is 1.34. The molecule has 0 amide bonds. The fourth-order valence-corrected chi connectivity index (χ4v) is 1.87. The van der Waals surface area contributed by atoms with Crippen LogP contribution in [0, 0.1) is 5.92 Å². The molecule has 19 heavy (non-hydrogen) atoms.